The maximum Gasteiger partial charge on any atom is 0.416 e. The molecule has 0 spiro atoms. The Balaban J connectivity index is 1.19. The lowest BCUT2D eigenvalue weighted by Gasteiger charge is -2.36. The Morgan fingerprint density at radius 2 is 1.91 bits per heavy atom. The lowest BCUT2D eigenvalue weighted by atomic mass is 10.1. The first kappa shape index (κ1) is 22.5. The predicted octanol–water partition coefficient (Wildman–Crippen LogP) is 3.04. The molecule has 3 aliphatic rings. The van der Waals surface area contributed by atoms with Gasteiger partial charge in [0.25, 0.3) is 0 Å². The summed E-state index contributed by atoms with van der Waals surface area (Å²) >= 11 is 0. The second-order valence-electron chi connectivity index (χ2n) is 8.99. The van der Waals surface area contributed by atoms with Gasteiger partial charge in [0.15, 0.2) is 0 Å². The molecule has 2 atom stereocenters. The SMILES string of the molecule is O=S(=O)(Cc1cccc(C(F)(F)F)c1)N1CCN2C[C@@H](Oc3cnc(C4CC4)cn3)C[C@H]2C1. The highest BCUT2D eigenvalue weighted by Crippen LogP contribution is 2.38. The minimum atomic E-state index is -4.51. The summed E-state index contributed by atoms with van der Waals surface area (Å²) in [5.74, 6) is 0.543. The fourth-order valence-corrected chi connectivity index (χ4v) is 6.14. The van der Waals surface area contributed by atoms with E-state index in [1.165, 1.54) is 16.4 Å². The molecule has 0 unspecified atom stereocenters. The molecule has 0 radical (unpaired) electrons. The van der Waals surface area contributed by atoms with Crippen molar-refractivity contribution in [1.82, 2.24) is 19.2 Å². The molecule has 2 saturated heterocycles. The van der Waals surface area contributed by atoms with Crippen molar-refractivity contribution in [2.24, 2.45) is 0 Å². The highest BCUT2D eigenvalue weighted by Gasteiger charge is 2.40. The molecule has 0 amide bonds. The van der Waals surface area contributed by atoms with Crippen molar-refractivity contribution in [1.29, 1.82) is 0 Å². The summed E-state index contributed by atoms with van der Waals surface area (Å²) in [4.78, 5) is 11.0. The van der Waals surface area contributed by atoms with Gasteiger partial charge >= 0.3 is 6.18 Å². The zero-order chi connectivity index (χ0) is 23.2. The van der Waals surface area contributed by atoms with Crippen LogP contribution in [0, 0.1) is 0 Å². The molecule has 3 heterocycles. The van der Waals surface area contributed by atoms with Crippen LogP contribution >= 0.6 is 0 Å². The van der Waals surface area contributed by atoms with E-state index >= 15 is 0 Å². The molecular weight excluding hydrogens is 457 g/mol. The van der Waals surface area contributed by atoms with Crippen LogP contribution in [0.15, 0.2) is 36.7 Å². The number of ether oxygens (including phenoxy) is 1. The van der Waals surface area contributed by atoms with Crippen LogP contribution < -0.4 is 4.74 Å². The van der Waals surface area contributed by atoms with Crippen molar-refractivity contribution in [3.8, 4) is 5.88 Å². The number of rotatable bonds is 6. The maximum absolute atomic E-state index is 13.0. The Morgan fingerprint density at radius 3 is 2.61 bits per heavy atom. The number of halogens is 3. The monoisotopic (exact) mass is 482 g/mol. The second kappa shape index (κ2) is 8.52. The first-order valence-corrected chi connectivity index (χ1v) is 12.6. The third-order valence-corrected chi connectivity index (χ3v) is 8.29. The summed E-state index contributed by atoms with van der Waals surface area (Å²) in [6, 6.07) is 4.50. The molecule has 33 heavy (non-hydrogen) atoms. The average Bonchev–Trinajstić information content (AvgIpc) is 3.53. The number of alkyl halides is 3. The topological polar surface area (TPSA) is 75.6 Å². The Hall–Kier alpha value is -2.24. The van der Waals surface area contributed by atoms with Crippen molar-refractivity contribution < 1.29 is 26.3 Å². The number of fused-ring (bicyclic) bond motifs is 1. The molecule has 1 saturated carbocycles. The molecule has 1 aromatic heterocycles. The van der Waals surface area contributed by atoms with E-state index in [1.54, 1.807) is 12.4 Å². The smallest absolute Gasteiger partial charge is 0.416 e. The van der Waals surface area contributed by atoms with Crippen molar-refractivity contribution in [2.45, 2.75) is 49.3 Å². The summed E-state index contributed by atoms with van der Waals surface area (Å²) in [5.41, 5.74) is 0.282. The van der Waals surface area contributed by atoms with Gasteiger partial charge in [0, 0.05) is 44.6 Å². The lowest BCUT2D eigenvalue weighted by Crippen LogP contribution is -2.52. The van der Waals surface area contributed by atoms with E-state index in [0.717, 1.165) is 30.7 Å². The molecule has 11 heteroatoms. The van der Waals surface area contributed by atoms with E-state index in [-0.39, 0.29) is 17.7 Å². The molecule has 1 aromatic carbocycles. The summed E-state index contributed by atoms with van der Waals surface area (Å²) in [6.45, 7) is 1.84. The van der Waals surface area contributed by atoms with Crippen LogP contribution in [-0.4, -0.2) is 65.9 Å². The van der Waals surface area contributed by atoms with E-state index in [1.807, 2.05) is 0 Å². The quantitative estimate of drug-likeness (QED) is 0.630. The van der Waals surface area contributed by atoms with Gasteiger partial charge < -0.3 is 4.74 Å². The molecule has 178 valence electrons. The van der Waals surface area contributed by atoms with Gasteiger partial charge in [0.05, 0.1) is 29.4 Å². The maximum atomic E-state index is 13.0. The first-order chi connectivity index (χ1) is 15.7. The van der Waals surface area contributed by atoms with Crippen LogP contribution in [0.1, 0.15) is 42.0 Å². The molecule has 3 fully saturated rings. The Morgan fingerprint density at radius 1 is 1.09 bits per heavy atom. The molecule has 7 nitrogen and oxygen atoms in total. The van der Waals surface area contributed by atoms with E-state index in [4.69, 9.17) is 4.74 Å². The lowest BCUT2D eigenvalue weighted by molar-refractivity contribution is -0.137. The third-order valence-electron chi connectivity index (χ3n) is 6.47. The average molecular weight is 483 g/mol. The van der Waals surface area contributed by atoms with E-state index in [9.17, 15) is 21.6 Å². The predicted molar refractivity (Wildman–Crippen MR) is 114 cm³/mol. The Bertz CT molecular complexity index is 1110. The van der Waals surface area contributed by atoms with Gasteiger partial charge in [-0.25, -0.2) is 13.4 Å². The zero-order valence-electron chi connectivity index (χ0n) is 17.9. The molecular formula is C22H25F3N4O3S. The van der Waals surface area contributed by atoms with Gasteiger partial charge in [-0.15, -0.1) is 0 Å². The minimum Gasteiger partial charge on any atom is -0.472 e. The van der Waals surface area contributed by atoms with Gasteiger partial charge in [-0.2, -0.15) is 17.5 Å². The summed E-state index contributed by atoms with van der Waals surface area (Å²) < 4.78 is 72.2. The van der Waals surface area contributed by atoms with Crippen LogP contribution in [0.3, 0.4) is 0 Å². The number of hydrogen-bond acceptors (Lipinski definition) is 6. The number of hydrogen-bond donors (Lipinski definition) is 0. The van der Waals surface area contributed by atoms with Crippen LogP contribution in [0.2, 0.25) is 0 Å². The highest BCUT2D eigenvalue weighted by molar-refractivity contribution is 7.88. The Kier molecular flexibility index (Phi) is 5.82. The number of aromatic nitrogens is 2. The molecule has 1 aliphatic carbocycles. The molecule has 2 aromatic rings. The number of benzene rings is 1. The van der Waals surface area contributed by atoms with Crippen LogP contribution in [-0.2, 0) is 22.0 Å². The van der Waals surface area contributed by atoms with Crippen molar-refractivity contribution >= 4 is 10.0 Å². The summed E-state index contributed by atoms with van der Waals surface area (Å²) in [5, 5.41) is 0. The largest absolute Gasteiger partial charge is 0.472 e. The van der Waals surface area contributed by atoms with Crippen LogP contribution in [0.25, 0.3) is 0 Å². The van der Waals surface area contributed by atoms with Gasteiger partial charge in [-0.05, 0) is 24.5 Å². The van der Waals surface area contributed by atoms with Crippen LogP contribution in [0.5, 0.6) is 5.88 Å². The first-order valence-electron chi connectivity index (χ1n) is 11.0. The van der Waals surface area contributed by atoms with Gasteiger partial charge in [-0.3, -0.25) is 9.88 Å². The van der Waals surface area contributed by atoms with Gasteiger partial charge in [-0.1, -0.05) is 18.2 Å². The number of sulfonamides is 1. The van der Waals surface area contributed by atoms with E-state index in [0.29, 0.717) is 44.4 Å². The number of piperazine rings is 1. The molecule has 0 bridgehead atoms. The Labute approximate surface area is 190 Å². The third kappa shape index (κ3) is 5.15. The normalized spacial score (nSPS) is 24.6. The van der Waals surface area contributed by atoms with Crippen molar-refractivity contribution in [3.05, 3.63) is 53.5 Å². The van der Waals surface area contributed by atoms with Crippen molar-refractivity contribution in [2.75, 3.05) is 26.2 Å². The van der Waals surface area contributed by atoms with Gasteiger partial charge in [0.1, 0.15) is 6.10 Å². The molecule has 2 aliphatic heterocycles. The second-order valence-corrected chi connectivity index (χ2v) is 11.0. The zero-order valence-corrected chi connectivity index (χ0v) is 18.7. The highest BCUT2D eigenvalue weighted by atomic mass is 32.2. The molecule has 0 N–H and O–H groups in total. The standard InChI is InChI=1S/C22H25F3N4O3S/c23-22(24,25)17-3-1-2-15(8-17)14-33(30,31)29-7-6-28-13-19(9-18(28)12-29)32-21-11-26-20(10-27-21)16-4-5-16/h1-3,8,10-11,16,18-19H,4-7,9,12-14H2/t18-,19-/m0/s1. The molecule has 5 rings (SSSR count). The van der Waals surface area contributed by atoms with Crippen LogP contribution in [0.4, 0.5) is 13.2 Å². The van der Waals surface area contributed by atoms with E-state index < -0.39 is 27.5 Å². The summed E-state index contributed by atoms with van der Waals surface area (Å²) in [7, 11) is -3.74. The number of nitrogens with zero attached hydrogens (tertiary/aromatic N) is 4. The minimum absolute atomic E-state index is 0.00118. The van der Waals surface area contributed by atoms with E-state index in [2.05, 4.69) is 14.9 Å². The fourth-order valence-electron chi connectivity index (χ4n) is 4.59. The summed E-state index contributed by atoms with van der Waals surface area (Å²) in [6.07, 6.45) is 1.76. The van der Waals surface area contributed by atoms with Crippen molar-refractivity contribution in [3.63, 3.8) is 0 Å². The fraction of sp³-hybridized carbons (Fsp3) is 0.545. The van der Waals surface area contributed by atoms with Gasteiger partial charge in [0.2, 0.25) is 15.9 Å².